The molecule has 0 bridgehead atoms. The number of esters is 2. The molecule has 37 heavy (non-hydrogen) atoms. The van der Waals surface area contributed by atoms with Crippen LogP contribution in [0.5, 0.6) is 17.2 Å². The molecular formula is C25H28F2N2O8. The molecule has 3 atom stereocenters. The van der Waals surface area contributed by atoms with E-state index in [0.29, 0.717) is 6.07 Å². The highest BCUT2D eigenvalue weighted by Crippen LogP contribution is 2.29. The van der Waals surface area contributed by atoms with Gasteiger partial charge in [0.25, 0.3) is 5.91 Å². The molecule has 0 saturated carbocycles. The van der Waals surface area contributed by atoms with Gasteiger partial charge in [0.05, 0.1) is 7.11 Å². The van der Waals surface area contributed by atoms with Crippen LogP contribution in [-0.2, 0) is 19.1 Å². The van der Waals surface area contributed by atoms with Crippen molar-refractivity contribution in [3.8, 4) is 17.2 Å². The summed E-state index contributed by atoms with van der Waals surface area (Å²) in [6.07, 6.45) is 1.23. The number of nitrogens with one attached hydrogen (secondary N) is 1. The molecule has 0 spiro atoms. The Bertz CT molecular complexity index is 1130. The van der Waals surface area contributed by atoms with Gasteiger partial charge in [0, 0.05) is 31.7 Å². The molecule has 0 radical (unpaired) electrons. The van der Waals surface area contributed by atoms with Crippen molar-refractivity contribution in [1.29, 1.82) is 0 Å². The molecule has 0 aliphatic heterocycles. The minimum absolute atomic E-state index is 0.0987. The van der Waals surface area contributed by atoms with E-state index >= 15 is 0 Å². The second kappa shape index (κ2) is 13.8. The maximum atomic E-state index is 14.0. The van der Waals surface area contributed by atoms with Crippen LogP contribution in [0.2, 0.25) is 0 Å². The van der Waals surface area contributed by atoms with Crippen LogP contribution in [0.3, 0.4) is 0 Å². The zero-order valence-electron chi connectivity index (χ0n) is 20.8. The van der Waals surface area contributed by atoms with Crippen molar-refractivity contribution in [3.63, 3.8) is 0 Å². The molecule has 10 nitrogen and oxygen atoms in total. The molecule has 1 amide bonds. The molecule has 0 saturated heterocycles. The minimum atomic E-state index is -1.14. The third-order valence-electron chi connectivity index (χ3n) is 4.87. The summed E-state index contributed by atoms with van der Waals surface area (Å²) < 4.78 is 53.4. The van der Waals surface area contributed by atoms with Gasteiger partial charge in [-0.05, 0) is 26.0 Å². The molecule has 200 valence electrons. The Morgan fingerprint density at radius 3 is 2.51 bits per heavy atom. The molecule has 0 fully saturated rings. The van der Waals surface area contributed by atoms with Crippen molar-refractivity contribution in [2.45, 2.75) is 45.4 Å². The summed E-state index contributed by atoms with van der Waals surface area (Å²) in [6.45, 7) is 7.21. The molecule has 0 aliphatic rings. The number of carbonyl (C=O) groups excluding carboxylic acids is 3. The van der Waals surface area contributed by atoms with Crippen molar-refractivity contribution >= 4 is 17.8 Å². The van der Waals surface area contributed by atoms with E-state index in [4.69, 9.17) is 23.7 Å². The summed E-state index contributed by atoms with van der Waals surface area (Å²) in [5.74, 6) is -4.05. The Morgan fingerprint density at radius 1 is 1.16 bits per heavy atom. The first-order valence-corrected chi connectivity index (χ1v) is 11.1. The van der Waals surface area contributed by atoms with Gasteiger partial charge in [-0.1, -0.05) is 6.08 Å². The van der Waals surface area contributed by atoms with Crippen LogP contribution in [0.15, 0.2) is 43.1 Å². The smallest absolute Gasteiger partial charge is 0.328 e. The highest BCUT2D eigenvalue weighted by atomic mass is 19.1. The summed E-state index contributed by atoms with van der Waals surface area (Å²) in [6, 6.07) is 3.12. The first-order chi connectivity index (χ1) is 17.6. The van der Waals surface area contributed by atoms with Gasteiger partial charge < -0.3 is 29.0 Å². The predicted octanol–water partition coefficient (Wildman–Crippen LogP) is 3.34. The van der Waals surface area contributed by atoms with Gasteiger partial charge in [0.15, 0.2) is 28.8 Å². The summed E-state index contributed by atoms with van der Waals surface area (Å²) >= 11 is 0. The third-order valence-corrected chi connectivity index (χ3v) is 4.87. The van der Waals surface area contributed by atoms with Crippen molar-refractivity contribution in [3.05, 3.63) is 60.4 Å². The highest BCUT2D eigenvalue weighted by molar-refractivity contribution is 5.98. The molecule has 2 aromatic rings. The second-order valence-electron chi connectivity index (χ2n) is 7.68. The fraction of sp³-hybridized carbons (Fsp3) is 0.360. The number of carbonyl (C=O) groups is 3. The van der Waals surface area contributed by atoms with E-state index in [2.05, 4.69) is 16.9 Å². The number of hydrogen-bond donors (Lipinski definition) is 1. The number of nitrogens with zero attached hydrogens (tertiary/aromatic N) is 1. The Kier molecular flexibility index (Phi) is 10.8. The molecular weight excluding hydrogens is 494 g/mol. The lowest BCUT2D eigenvalue weighted by atomic mass is 10.1. The van der Waals surface area contributed by atoms with E-state index in [0.717, 1.165) is 12.1 Å². The summed E-state index contributed by atoms with van der Waals surface area (Å²) in [5, 5.41) is 2.45. The minimum Gasteiger partial charge on any atom is -0.493 e. The molecule has 0 aliphatic carbocycles. The Labute approximate surface area is 212 Å². The van der Waals surface area contributed by atoms with E-state index in [1.807, 2.05) is 0 Å². The topological polar surface area (TPSA) is 122 Å². The van der Waals surface area contributed by atoms with Crippen LogP contribution in [0.25, 0.3) is 0 Å². The van der Waals surface area contributed by atoms with Gasteiger partial charge in [-0.25, -0.2) is 18.6 Å². The molecule has 1 aromatic heterocycles. The number of methoxy groups -OCH3 is 1. The number of aromatic nitrogens is 1. The van der Waals surface area contributed by atoms with Crippen molar-refractivity contribution in [1.82, 2.24) is 10.3 Å². The van der Waals surface area contributed by atoms with E-state index < -0.39 is 54.5 Å². The zero-order chi connectivity index (χ0) is 27.5. The SMILES string of the molecule is C=CC[C@@H](Oc1ccc(F)cc1F)[C@H](C)OC(=O)[C@H](C)NC(=O)c1nccc(OC)c1OCOC(C)=O. The van der Waals surface area contributed by atoms with E-state index in [1.165, 1.54) is 46.2 Å². The van der Waals surface area contributed by atoms with Crippen LogP contribution >= 0.6 is 0 Å². The van der Waals surface area contributed by atoms with Crippen molar-refractivity contribution < 1.29 is 46.8 Å². The van der Waals surface area contributed by atoms with Gasteiger partial charge in [0.1, 0.15) is 24.1 Å². The second-order valence-corrected chi connectivity index (χ2v) is 7.68. The first-order valence-electron chi connectivity index (χ1n) is 11.1. The van der Waals surface area contributed by atoms with Gasteiger partial charge in [-0.15, -0.1) is 6.58 Å². The number of rotatable bonds is 13. The van der Waals surface area contributed by atoms with Gasteiger partial charge in [-0.3, -0.25) is 9.59 Å². The van der Waals surface area contributed by atoms with E-state index in [9.17, 15) is 23.2 Å². The fourth-order valence-electron chi connectivity index (χ4n) is 2.98. The average molecular weight is 523 g/mol. The van der Waals surface area contributed by atoms with Crippen LogP contribution in [0.4, 0.5) is 8.78 Å². The summed E-state index contributed by atoms with van der Waals surface area (Å²) in [7, 11) is 1.34. The maximum absolute atomic E-state index is 14.0. The average Bonchev–Trinajstić information content (AvgIpc) is 2.84. The lowest BCUT2D eigenvalue weighted by Crippen LogP contribution is -2.43. The Balaban J connectivity index is 2.08. The normalized spacial score (nSPS) is 12.9. The summed E-state index contributed by atoms with van der Waals surface area (Å²) in [4.78, 5) is 40.5. The van der Waals surface area contributed by atoms with Gasteiger partial charge >= 0.3 is 11.9 Å². The number of amides is 1. The zero-order valence-corrected chi connectivity index (χ0v) is 20.8. The largest absolute Gasteiger partial charge is 0.493 e. The number of ether oxygens (including phenoxy) is 5. The molecule has 12 heteroatoms. The molecule has 1 N–H and O–H groups in total. The van der Waals surface area contributed by atoms with Gasteiger partial charge in [-0.2, -0.15) is 0 Å². The number of pyridine rings is 1. The standard InChI is InChI=1S/C25H28F2N2O8/c1-6-7-19(37-20-9-8-17(26)12-18(20)27)15(3)36-25(32)14(2)29-24(31)22-23(35-13-34-16(4)30)21(33-5)10-11-28-22/h6,8-12,14-15,19H,1,7,13H2,2-5H3,(H,29,31)/t14-,15-,19+/m0/s1. The third kappa shape index (κ3) is 8.44. The molecule has 0 unspecified atom stereocenters. The first kappa shape index (κ1) is 29.0. The quantitative estimate of drug-likeness (QED) is 0.240. The molecule has 2 rings (SSSR count). The van der Waals surface area contributed by atoms with Crippen LogP contribution in [-0.4, -0.2) is 55.0 Å². The van der Waals surface area contributed by atoms with Crippen LogP contribution in [0.1, 0.15) is 37.7 Å². The van der Waals surface area contributed by atoms with E-state index in [1.54, 1.807) is 0 Å². The molecule has 1 heterocycles. The fourth-order valence-corrected chi connectivity index (χ4v) is 2.98. The lowest BCUT2D eigenvalue weighted by Gasteiger charge is -2.26. The lowest BCUT2D eigenvalue weighted by molar-refractivity contribution is -0.154. The van der Waals surface area contributed by atoms with Crippen molar-refractivity contribution in [2.75, 3.05) is 13.9 Å². The number of halogens is 2. The van der Waals surface area contributed by atoms with E-state index in [-0.39, 0.29) is 29.4 Å². The highest BCUT2D eigenvalue weighted by Gasteiger charge is 2.28. The number of hydrogen-bond acceptors (Lipinski definition) is 9. The van der Waals surface area contributed by atoms with Crippen LogP contribution < -0.4 is 19.5 Å². The molecule has 1 aromatic carbocycles. The Hall–Kier alpha value is -4.22. The summed E-state index contributed by atoms with van der Waals surface area (Å²) in [5.41, 5.74) is -0.223. The Morgan fingerprint density at radius 2 is 1.89 bits per heavy atom. The van der Waals surface area contributed by atoms with Crippen LogP contribution in [0, 0.1) is 11.6 Å². The number of benzene rings is 1. The predicted molar refractivity (Wildman–Crippen MR) is 126 cm³/mol. The van der Waals surface area contributed by atoms with Gasteiger partial charge in [0.2, 0.25) is 6.79 Å². The maximum Gasteiger partial charge on any atom is 0.328 e. The monoisotopic (exact) mass is 522 g/mol. The van der Waals surface area contributed by atoms with Crippen molar-refractivity contribution in [2.24, 2.45) is 0 Å².